The van der Waals surface area contributed by atoms with Crippen LogP contribution < -0.4 is 0 Å². The van der Waals surface area contributed by atoms with Crippen molar-refractivity contribution in [2.75, 3.05) is 19.7 Å². The molecular formula is C24H27N3O2. The highest BCUT2D eigenvalue weighted by Crippen LogP contribution is 2.27. The van der Waals surface area contributed by atoms with Gasteiger partial charge in [0.25, 0.3) is 0 Å². The summed E-state index contributed by atoms with van der Waals surface area (Å²) in [6.07, 6.45) is 3.84. The summed E-state index contributed by atoms with van der Waals surface area (Å²) in [5, 5.41) is 4.90. The quantitative estimate of drug-likeness (QED) is 0.589. The van der Waals surface area contributed by atoms with E-state index in [0.717, 1.165) is 49.4 Å². The van der Waals surface area contributed by atoms with Crippen molar-refractivity contribution in [1.82, 2.24) is 14.7 Å². The van der Waals surface area contributed by atoms with Crippen LogP contribution in [0.15, 0.2) is 66.9 Å². The number of carbonyl (C=O) groups is 1. The standard InChI is InChI=1S/C24H27N3O2/c1-2-29-24(28)20-13-15-26(16-14-20)17-21-18-27(22-11-7-4-8-12-22)25-23(21)19-9-5-3-6-10-19/h3-12,18,20H,2,13-17H2,1H3. The van der Waals surface area contributed by atoms with Crippen LogP contribution in [0.25, 0.3) is 16.9 Å². The van der Waals surface area contributed by atoms with Crippen molar-refractivity contribution in [1.29, 1.82) is 0 Å². The Labute approximate surface area is 171 Å². The third-order valence-corrected chi connectivity index (χ3v) is 5.46. The zero-order valence-corrected chi connectivity index (χ0v) is 16.8. The number of esters is 1. The van der Waals surface area contributed by atoms with E-state index in [1.807, 2.05) is 48.0 Å². The lowest BCUT2D eigenvalue weighted by Crippen LogP contribution is -2.36. The van der Waals surface area contributed by atoms with Gasteiger partial charge in [0.1, 0.15) is 0 Å². The summed E-state index contributed by atoms with van der Waals surface area (Å²) in [5.74, 6) is -0.0131. The molecule has 0 amide bonds. The zero-order valence-electron chi connectivity index (χ0n) is 16.8. The summed E-state index contributed by atoms with van der Waals surface area (Å²) in [6.45, 7) is 4.94. The molecule has 1 aliphatic rings. The van der Waals surface area contributed by atoms with Crippen LogP contribution in [-0.2, 0) is 16.1 Å². The summed E-state index contributed by atoms with van der Waals surface area (Å²) in [4.78, 5) is 14.4. The lowest BCUT2D eigenvalue weighted by Gasteiger charge is -2.30. The minimum Gasteiger partial charge on any atom is -0.466 e. The number of carbonyl (C=O) groups excluding carboxylic acids is 1. The van der Waals surface area contributed by atoms with Crippen molar-refractivity contribution in [3.8, 4) is 16.9 Å². The number of likely N-dealkylation sites (tertiary alicyclic amines) is 1. The van der Waals surface area contributed by atoms with E-state index in [-0.39, 0.29) is 11.9 Å². The van der Waals surface area contributed by atoms with E-state index in [2.05, 4.69) is 35.4 Å². The first-order chi connectivity index (χ1) is 14.2. The predicted molar refractivity (Wildman–Crippen MR) is 114 cm³/mol. The Hall–Kier alpha value is -2.92. The number of piperidine rings is 1. The molecular weight excluding hydrogens is 362 g/mol. The molecule has 1 aliphatic heterocycles. The molecule has 0 aliphatic carbocycles. The van der Waals surface area contributed by atoms with Gasteiger partial charge in [0.15, 0.2) is 0 Å². The number of rotatable bonds is 6. The van der Waals surface area contributed by atoms with Gasteiger partial charge in [-0.25, -0.2) is 4.68 Å². The summed E-state index contributed by atoms with van der Waals surface area (Å²) in [7, 11) is 0. The maximum absolute atomic E-state index is 12.0. The molecule has 29 heavy (non-hydrogen) atoms. The van der Waals surface area contributed by atoms with Crippen LogP contribution in [0.4, 0.5) is 0 Å². The summed E-state index contributed by atoms with van der Waals surface area (Å²) < 4.78 is 7.15. The average molecular weight is 389 g/mol. The molecule has 0 saturated carbocycles. The lowest BCUT2D eigenvalue weighted by molar-refractivity contribution is -0.149. The van der Waals surface area contributed by atoms with Crippen molar-refractivity contribution < 1.29 is 9.53 Å². The maximum Gasteiger partial charge on any atom is 0.309 e. The van der Waals surface area contributed by atoms with E-state index in [4.69, 9.17) is 9.84 Å². The molecule has 1 fully saturated rings. The van der Waals surface area contributed by atoms with E-state index in [0.29, 0.717) is 6.61 Å². The maximum atomic E-state index is 12.0. The number of ether oxygens (including phenoxy) is 1. The first-order valence-corrected chi connectivity index (χ1v) is 10.3. The molecule has 4 rings (SSSR count). The van der Waals surface area contributed by atoms with Crippen molar-refractivity contribution in [3.05, 3.63) is 72.4 Å². The number of hydrogen-bond acceptors (Lipinski definition) is 4. The van der Waals surface area contributed by atoms with Gasteiger partial charge in [0, 0.05) is 23.9 Å². The topological polar surface area (TPSA) is 47.4 Å². The summed E-state index contributed by atoms with van der Waals surface area (Å²) in [6, 6.07) is 20.5. The minimum atomic E-state index is -0.0472. The molecule has 0 unspecified atom stereocenters. The summed E-state index contributed by atoms with van der Waals surface area (Å²) in [5.41, 5.74) is 4.40. The van der Waals surface area contributed by atoms with E-state index < -0.39 is 0 Å². The second-order valence-electron chi connectivity index (χ2n) is 7.45. The molecule has 2 aromatic carbocycles. The van der Waals surface area contributed by atoms with Crippen LogP contribution in [0.1, 0.15) is 25.3 Å². The van der Waals surface area contributed by atoms with Gasteiger partial charge in [0.2, 0.25) is 0 Å². The number of aromatic nitrogens is 2. The zero-order chi connectivity index (χ0) is 20.1. The van der Waals surface area contributed by atoms with Gasteiger partial charge in [-0.2, -0.15) is 5.10 Å². The van der Waals surface area contributed by atoms with E-state index in [1.54, 1.807) is 0 Å². The van der Waals surface area contributed by atoms with Crippen LogP contribution in [0.2, 0.25) is 0 Å². The Morgan fingerprint density at radius 3 is 2.34 bits per heavy atom. The molecule has 150 valence electrons. The Balaban J connectivity index is 1.54. The van der Waals surface area contributed by atoms with Gasteiger partial charge in [-0.15, -0.1) is 0 Å². The smallest absolute Gasteiger partial charge is 0.309 e. The van der Waals surface area contributed by atoms with Gasteiger partial charge >= 0.3 is 5.97 Å². The predicted octanol–water partition coefficient (Wildman–Crippen LogP) is 4.31. The fourth-order valence-electron chi connectivity index (χ4n) is 3.91. The van der Waals surface area contributed by atoms with Gasteiger partial charge in [0.05, 0.1) is 23.9 Å². The normalized spacial score (nSPS) is 15.3. The minimum absolute atomic E-state index is 0.0341. The molecule has 1 saturated heterocycles. The fraction of sp³-hybridized carbons (Fsp3) is 0.333. The van der Waals surface area contributed by atoms with Crippen molar-refractivity contribution in [3.63, 3.8) is 0 Å². The molecule has 1 aromatic heterocycles. The van der Waals surface area contributed by atoms with E-state index >= 15 is 0 Å². The van der Waals surface area contributed by atoms with Gasteiger partial charge < -0.3 is 4.74 Å². The molecule has 2 heterocycles. The van der Waals surface area contributed by atoms with Crippen LogP contribution in [-0.4, -0.2) is 40.3 Å². The molecule has 0 bridgehead atoms. The van der Waals surface area contributed by atoms with Crippen molar-refractivity contribution in [2.24, 2.45) is 5.92 Å². The van der Waals surface area contributed by atoms with Crippen molar-refractivity contribution in [2.45, 2.75) is 26.3 Å². The molecule has 0 spiro atoms. The molecule has 5 nitrogen and oxygen atoms in total. The average Bonchev–Trinajstić information content (AvgIpc) is 3.19. The molecule has 3 aromatic rings. The van der Waals surface area contributed by atoms with E-state index in [1.165, 1.54) is 5.56 Å². The summed E-state index contributed by atoms with van der Waals surface area (Å²) >= 11 is 0. The molecule has 0 atom stereocenters. The highest BCUT2D eigenvalue weighted by molar-refractivity contribution is 5.72. The number of hydrogen-bond donors (Lipinski definition) is 0. The molecule has 0 N–H and O–H groups in total. The fourth-order valence-corrected chi connectivity index (χ4v) is 3.91. The van der Waals surface area contributed by atoms with Gasteiger partial charge in [-0.05, 0) is 45.0 Å². The second kappa shape index (κ2) is 9.05. The van der Waals surface area contributed by atoms with Gasteiger partial charge in [-0.1, -0.05) is 48.5 Å². The highest BCUT2D eigenvalue weighted by Gasteiger charge is 2.26. The number of nitrogens with zero attached hydrogens (tertiary/aromatic N) is 3. The molecule has 5 heteroatoms. The van der Waals surface area contributed by atoms with Crippen molar-refractivity contribution >= 4 is 5.97 Å². The third-order valence-electron chi connectivity index (χ3n) is 5.46. The van der Waals surface area contributed by atoms with Crippen LogP contribution in [0.3, 0.4) is 0 Å². The monoisotopic (exact) mass is 389 g/mol. The van der Waals surface area contributed by atoms with Gasteiger partial charge in [-0.3, -0.25) is 9.69 Å². The number of para-hydroxylation sites is 1. The highest BCUT2D eigenvalue weighted by atomic mass is 16.5. The SMILES string of the molecule is CCOC(=O)C1CCN(Cc2cn(-c3ccccc3)nc2-c2ccccc2)CC1. The van der Waals surface area contributed by atoms with Crippen LogP contribution in [0.5, 0.6) is 0 Å². The Kier molecular flexibility index (Phi) is 6.06. The Morgan fingerprint density at radius 2 is 1.69 bits per heavy atom. The second-order valence-corrected chi connectivity index (χ2v) is 7.45. The Bertz CT molecular complexity index is 929. The molecule has 0 radical (unpaired) electrons. The van der Waals surface area contributed by atoms with E-state index in [9.17, 15) is 4.79 Å². The number of benzene rings is 2. The third kappa shape index (κ3) is 4.57. The first-order valence-electron chi connectivity index (χ1n) is 10.3. The largest absolute Gasteiger partial charge is 0.466 e. The van der Waals surface area contributed by atoms with Crippen LogP contribution >= 0.6 is 0 Å². The Morgan fingerprint density at radius 1 is 1.03 bits per heavy atom. The first kappa shape index (κ1) is 19.4. The van der Waals surface area contributed by atoms with Crippen LogP contribution in [0, 0.1) is 5.92 Å². The lowest BCUT2D eigenvalue weighted by atomic mass is 9.96.